The van der Waals surface area contributed by atoms with Gasteiger partial charge >= 0.3 is 0 Å². The van der Waals surface area contributed by atoms with Gasteiger partial charge in [0.2, 0.25) is 0 Å². The van der Waals surface area contributed by atoms with Crippen LogP contribution in [0.15, 0.2) is 6.33 Å². The number of aliphatic hydroxyl groups is 2. The SMILES string of the molecule is CNc1nc(CNC2CCCCC2)nc2c1ncn2[C@@H]1O[C@H](COC)[C@@H](O)[C@H]1O. The highest BCUT2D eigenvalue weighted by atomic mass is 16.6. The molecule has 10 heteroatoms. The molecule has 2 aromatic heterocycles. The minimum atomic E-state index is -1.11. The van der Waals surface area contributed by atoms with Crippen LogP contribution in [0.4, 0.5) is 5.82 Å². The monoisotopic (exact) mass is 406 g/mol. The van der Waals surface area contributed by atoms with Crippen molar-refractivity contribution >= 4 is 17.0 Å². The molecular formula is C19H30N6O4. The maximum Gasteiger partial charge on any atom is 0.168 e. The molecule has 29 heavy (non-hydrogen) atoms. The lowest BCUT2D eigenvalue weighted by atomic mass is 9.95. The summed E-state index contributed by atoms with van der Waals surface area (Å²) >= 11 is 0. The van der Waals surface area contributed by atoms with Crippen LogP contribution in [-0.4, -0.2) is 74.9 Å². The fraction of sp³-hybridized carbons (Fsp3) is 0.737. The second-order valence-corrected chi connectivity index (χ2v) is 7.78. The van der Waals surface area contributed by atoms with E-state index in [1.54, 1.807) is 17.9 Å². The van der Waals surface area contributed by atoms with Gasteiger partial charge in [0, 0.05) is 20.2 Å². The van der Waals surface area contributed by atoms with E-state index in [0.29, 0.717) is 35.4 Å². The van der Waals surface area contributed by atoms with Crippen molar-refractivity contribution in [1.82, 2.24) is 24.8 Å². The molecule has 0 bridgehead atoms. The van der Waals surface area contributed by atoms with Crippen LogP contribution in [0.1, 0.15) is 44.2 Å². The number of nitrogens with one attached hydrogen (secondary N) is 2. The largest absolute Gasteiger partial charge is 0.387 e. The number of nitrogens with zero attached hydrogens (tertiary/aromatic N) is 4. The molecule has 4 rings (SSSR count). The van der Waals surface area contributed by atoms with Crippen molar-refractivity contribution in [3.05, 3.63) is 12.2 Å². The zero-order valence-corrected chi connectivity index (χ0v) is 16.9. The van der Waals surface area contributed by atoms with Crippen LogP contribution in [-0.2, 0) is 16.0 Å². The number of rotatable bonds is 7. The summed E-state index contributed by atoms with van der Waals surface area (Å²) in [4.78, 5) is 13.7. The molecule has 3 heterocycles. The van der Waals surface area contributed by atoms with E-state index in [4.69, 9.17) is 9.47 Å². The Bertz CT molecular complexity index is 824. The molecular weight excluding hydrogens is 376 g/mol. The minimum absolute atomic E-state index is 0.189. The average Bonchev–Trinajstić information content (AvgIpc) is 3.29. The van der Waals surface area contributed by atoms with Gasteiger partial charge in [-0.05, 0) is 12.8 Å². The highest BCUT2D eigenvalue weighted by Crippen LogP contribution is 2.32. The molecule has 2 fully saturated rings. The van der Waals surface area contributed by atoms with Crippen molar-refractivity contribution < 1.29 is 19.7 Å². The van der Waals surface area contributed by atoms with Crippen LogP contribution >= 0.6 is 0 Å². The van der Waals surface area contributed by atoms with Gasteiger partial charge in [-0.15, -0.1) is 0 Å². The Morgan fingerprint density at radius 2 is 2.00 bits per heavy atom. The Labute approximate surface area is 169 Å². The predicted molar refractivity (Wildman–Crippen MR) is 106 cm³/mol. The lowest BCUT2D eigenvalue weighted by molar-refractivity contribution is -0.0580. The van der Waals surface area contributed by atoms with Gasteiger partial charge in [0.25, 0.3) is 0 Å². The number of hydrogen-bond acceptors (Lipinski definition) is 9. The lowest BCUT2D eigenvalue weighted by Gasteiger charge is -2.22. The standard InChI is InChI=1S/C19H30N6O4/c1-20-17-14-18(24-13(23-17)8-21-11-6-4-3-5-7-11)25(10-22-14)19-16(27)15(26)12(29-19)9-28-2/h10-12,15-16,19,21,26-27H,3-9H2,1-2H3,(H,20,23,24)/t12-,15-,16-,19-/m1/s1. The summed E-state index contributed by atoms with van der Waals surface area (Å²) in [5.74, 6) is 1.27. The normalized spacial score (nSPS) is 28.3. The quantitative estimate of drug-likeness (QED) is 0.521. The summed E-state index contributed by atoms with van der Waals surface area (Å²) < 4.78 is 12.6. The Morgan fingerprint density at radius 3 is 2.72 bits per heavy atom. The summed E-state index contributed by atoms with van der Waals surface area (Å²) in [5, 5.41) is 27.4. The van der Waals surface area contributed by atoms with E-state index in [1.165, 1.54) is 39.2 Å². The van der Waals surface area contributed by atoms with Crippen molar-refractivity contribution in [1.29, 1.82) is 0 Å². The van der Waals surface area contributed by atoms with E-state index >= 15 is 0 Å². The number of aliphatic hydroxyl groups excluding tert-OH is 2. The molecule has 1 aliphatic carbocycles. The smallest absolute Gasteiger partial charge is 0.168 e. The Kier molecular flexibility index (Phi) is 6.26. The average molecular weight is 406 g/mol. The maximum absolute atomic E-state index is 10.5. The number of anilines is 1. The van der Waals surface area contributed by atoms with Gasteiger partial charge in [0.15, 0.2) is 23.2 Å². The van der Waals surface area contributed by atoms with Gasteiger partial charge in [-0.2, -0.15) is 0 Å². The summed E-state index contributed by atoms with van der Waals surface area (Å²) in [6.07, 6.45) is 4.18. The first kappa shape index (κ1) is 20.4. The molecule has 0 spiro atoms. The number of ether oxygens (including phenoxy) is 2. The molecule has 1 saturated heterocycles. The van der Waals surface area contributed by atoms with Crippen molar-refractivity contribution in [3.63, 3.8) is 0 Å². The topological polar surface area (TPSA) is 127 Å². The molecule has 2 aliphatic rings. The van der Waals surface area contributed by atoms with Gasteiger partial charge in [0.1, 0.15) is 24.1 Å². The number of hydrogen-bond donors (Lipinski definition) is 4. The van der Waals surface area contributed by atoms with Gasteiger partial charge in [-0.25, -0.2) is 15.0 Å². The van der Waals surface area contributed by atoms with E-state index in [9.17, 15) is 10.2 Å². The third-order valence-corrected chi connectivity index (χ3v) is 5.80. The minimum Gasteiger partial charge on any atom is -0.387 e. The molecule has 0 unspecified atom stereocenters. The maximum atomic E-state index is 10.5. The zero-order valence-electron chi connectivity index (χ0n) is 16.9. The number of methoxy groups -OCH3 is 1. The molecule has 160 valence electrons. The Hall–Kier alpha value is -1.85. The van der Waals surface area contributed by atoms with Crippen molar-refractivity contribution in [2.45, 2.75) is 69.2 Å². The summed E-state index contributed by atoms with van der Waals surface area (Å²) in [6.45, 7) is 0.748. The van der Waals surface area contributed by atoms with Gasteiger partial charge in [-0.1, -0.05) is 19.3 Å². The van der Waals surface area contributed by atoms with E-state index in [-0.39, 0.29) is 6.61 Å². The lowest BCUT2D eigenvalue weighted by Crippen LogP contribution is -2.33. The second-order valence-electron chi connectivity index (χ2n) is 7.78. The van der Waals surface area contributed by atoms with Crippen molar-refractivity contribution in [2.75, 3.05) is 26.1 Å². The number of aromatic nitrogens is 4. The summed E-state index contributed by atoms with van der Waals surface area (Å²) in [6, 6.07) is 0.496. The van der Waals surface area contributed by atoms with E-state index in [2.05, 4.69) is 25.6 Å². The molecule has 1 aliphatic heterocycles. The molecule has 0 radical (unpaired) electrons. The first-order chi connectivity index (χ1) is 14.1. The second kappa shape index (κ2) is 8.88. The number of fused-ring (bicyclic) bond motifs is 1. The third kappa shape index (κ3) is 4.08. The fourth-order valence-electron chi connectivity index (χ4n) is 4.20. The molecule has 2 aromatic rings. The van der Waals surface area contributed by atoms with Crippen molar-refractivity contribution in [2.24, 2.45) is 0 Å². The molecule has 4 N–H and O–H groups in total. The van der Waals surface area contributed by atoms with Crippen LogP contribution in [0.5, 0.6) is 0 Å². The zero-order chi connectivity index (χ0) is 20.4. The predicted octanol–water partition coefficient (Wildman–Crippen LogP) is 0.556. The molecule has 4 atom stereocenters. The summed E-state index contributed by atoms with van der Waals surface area (Å²) in [5.41, 5.74) is 1.15. The van der Waals surface area contributed by atoms with Crippen LogP contribution in [0.2, 0.25) is 0 Å². The van der Waals surface area contributed by atoms with Gasteiger partial charge in [-0.3, -0.25) is 4.57 Å². The summed E-state index contributed by atoms with van der Waals surface area (Å²) in [7, 11) is 3.32. The highest BCUT2D eigenvalue weighted by molar-refractivity contribution is 5.83. The molecule has 0 aromatic carbocycles. The first-order valence-corrected chi connectivity index (χ1v) is 10.3. The fourth-order valence-corrected chi connectivity index (χ4v) is 4.20. The highest BCUT2D eigenvalue weighted by Gasteiger charge is 2.44. The first-order valence-electron chi connectivity index (χ1n) is 10.3. The molecule has 1 saturated carbocycles. The van der Waals surface area contributed by atoms with Gasteiger partial charge < -0.3 is 30.3 Å². The molecule has 10 nitrogen and oxygen atoms in total. The van der Waals surface area contributed by atoms with Crippen LogP contribution in [0.3, 0.4) is 0 Å². The van der Waals surface area contributed by atoms with Crippen LogP contribution in [0, 0.1) is 0 Å². The van der Waals surface area contributed by atoms with Gasteiger partial charge in [0.05, 0.1) is 19.5 Å². The van der Waals surface area contributed by atoms with Crippen LogP contribution < -0.4 is 10.6 Å². The van der Waals surface area contributed by atoms with E-state index < -0.39 is 24.5 Å². The Morgan fingerprint density at radius 1 is 1.21 bits per heavy atom. The van der Waals surface area contributed by atoms with E-state index in [0.717, 1.165) is 0 Å². The van der Waals surface area contributed by atoms with Crippen LogP contribution in [0.25, 0.3) is 11.2 Å². The van der Waals surface area contributed by atoms with Crippen molar-refractivity contribution in [3.8, 4) is 0 Å². The molecule has 0 amide bonds. The Balaban J connectivity index is 1.60. The third-order valence-electron chi connectivity index (χ3n) is 5.80. The number of imidazole rings is 1. The van der Waals surface area contributed by atoms with E-state index in [1.807, 2.05) is 0 Å².